The third-order valence-corrected chi connectivity index (χ3v) is 2.53. The molecule has 1 aromatic rings. The second-order valence-corrected chi connectivity index (χ2v) is 4.17. The number of benzene rings is 1. The summed E-state index contributed by atoms with van der Waals surface area (Å²) in [6.45, 7) is 0.304. The molecular weight excluding hydrogens is 331 g/mol. The largest absolute Gasteiger partial charge is 0.480 e. The van der Waals surface area contributed by atoms with E-state index in [-0.39, 0.29) is 0 Å². The Hall–Kier alpha value is -0.210. The van der Waals surface area contributed by atoms with E-state index in [1.807, 2.05) is 18.2 Å². The standard InChI is InChI=1S/C9H6BrIO/c1-2-5-12-9-6-7(11)3-4-8(9)10/h1,3-4,6H,5H2. The summed E-state index contributed by atoms with van der Waals surface area (Å²) in [6, 6.07) is 5.86. The van der Waals surface area contributed by atoms with Crippen LogP contribution in [0.4, 0.5) is 0 Å². The number of terminal acetylenes is 1. The molecule has 0 fully saturated rings. The highest BCUT2D eigenvalue weighted by molar-refractivity contribution is 14.1. The molecule has 0 amide bonds. The van der Waals surface area contributed by atoms with E-state index in [1.54, 1.807) is 0 Å². The summed E-state index contributed by atoms with van der Waals surface area (Å²) in [5, 5.41) is 0. The molecule has 0 N–H and O–H groups in total. The first-order chi connectivity index (χ1) is 5.74. The Kier molecular flexibility index (Phi) is 3.89. The summed E-state index contributed by atoms with van der Waals surface area (Å²) in [4.78, 5) is 0. The van der Waals surface area contributed by atoms with Gasteiger partial charge in [0.05, 0.1) is 4.47 Å². The van der Waals surface area contributed by atoms with Crippen LogP contribution in [0, 0.1) is 15.9 Å². The fourth-order valence-electron chi connectivity index (χ4n) is 0.707. The quantitative estimate of drug-likeness (QED) is 0.596. The van der Waals surface area contributed by atoms with Crippen molar-refractivity contribution in [2.75, 3.05) is 6.61 Å². The molecule has 12 heavy (non-hydrogen) atoms. The summed E-state index contributed by atoms with van der Waals surface area (Å²) >= 11 is 5.59. The van der Waals surface area contributed by atoms with Crippen molar-refractivity contribution >= 4 is 38.5 Å². The molecule has 62 valence electrons. The maximum Gasteiger partial charge on any atom is 0.148 e. The zero-order valence-electron chi connectivity index (χ0n) is 6.18. The minimum absolute atomic E-state index is 0.304. The predicted octanol–water partition coefficient (Wildman–Crippen LogP) is 3.07. The van der Waals surface area contributed by atoms with Gasteiger partial charge in [-0.1, -0.05) is 5.92 Å². The molecule has 0 saturated heterocycles. The van der Waals surface area contributed by atoms with E-state index < -0.39 is 0 Å². The van der Waals surface area contributed by atoms with Gasteiger partial charge in [-0.3, -0.25) is 0 Å². The SMILES string of the molecule is C#CCOc1cc(I)ccc1Br. The van der Waals surface area contributed by atoms with E-state index >= 15 is 0 Å². The lowest BCUT2D eigenvalue weighted by atomic mass is 10.3. The Morgan fingerprint density at radius 3 is 3.00 bits per heavy atom. The Balaban J connectivity index is 2.84. The number of ether oxygens (including phenoxy) is 1. The van der Waals surface area contributed by atoms with Crippen LogP contribution in [-0.2, 0) is 0 Å². The van der Waals surface area contributed by atoms with E-state index in [4.69, 9.17) is 11.2 Å². The van der Waals surface area contributed by atoms with Gasteiger partial charge in [0.1, 0.15) is 12.4 Å². The summed E-state index contributed by atoms with van der Waals surface area (Å²) in [6.07, 6.45) is 5.07. The fourth-order valence-corrected chi connectivity index (χ4v) is 1.53. The number of rotatable bonds is 2. The van der Waals surface area contributed by atoms with Gasteiger partial charge in [0.15, 0.2) is 0 Å². The van der Waals surface area contributed by atoms with Crippen molar-refractivity contribution in [3.8, 4) is 18.1 Å². The van der Waals surface area contributed by atoms with E-state index in [0.29, 0.717) is 6.61 Å². The molecule has 0 atom stereocenters. The second-order valence-electron chi connectivity index (χ2n) is 2.07. The summed E-state index contributed by atoms with van der Waals surface area (Å²) in [5.41, 5.74) is 0. The smallest absolute Gasteiger partial charge is 0.148 e. The lowest BCUT2D eigenvalue weighted by molar-refractivity contribution is 0.368. The average Bonchev–Trinajstić information content (AvgIpc) is 2.07. The molecule has 0 aromatic heterocycles. The van der Waals surface area contributed by atoms with Crippen LogP contribution in [-0.4, -0.2) is 6.61 Å². The molecule has 0 aliphatic carbocycles. The van der Waals surface area contributed by atoms with Gasteiger partial charge in [-0.05, 0) is 56.7 Å². The van der Waals surface area contributed by atoms with E-state index in [1.165, 1.54) is 0 Å². The molecule has 3 heteroatoms. The molecular formula is C9H6BrIO. The molecule has 0 bridgehead atoms. The zero-order chi connectivity index (χ0) is 8.97. The zero-order valence-corrected chi connectivity index (χ0v) is 9.92. The molecule has 1 nitrogen and oxygen atoms in total. The minimum Gasteiger partial charge on any atom is -0.480 e. The highest BCUT2D eigenvalue weighted by atomic mass is 127. The number of halogens is 2. The maximum atomic E-state index is 5.28. The highest BCUT2D eigenvalue weighted by Crippen LogP contribution is 2.26. The van der Waals surface area contributed by atoms with Gasteiger partial charge in [0.2, 0.25) is 0 Å². The van der Waals surface area contributed by atoms with E-state index in [2.05, 4.69) is 44.4 Å². The fraction of sp³-hybridized carbons (Fsp3) is 0.111. The van der Waals surface area contributed by atoms with Gasteiger partial charge in [-0.2, -0.15) is 0 Å². The Labute approximate surface area is 93.8 Å². The predicted molar refractivity (Wildman–Crippen MR) is 61.2 cm³/mol. The third-order valence-electron chi connectivity index (χ3n) is 1.20. The van der Waals surface area contributed by atoms with Crippen molar-refractivity contribution in [3.63, 3.8) is 0 Å². The highest BCUT2D eigenvalue weighted by Gasteiger charge is 1.99. The molecule has 0 unspecified atom stereocenters. The van der Waals surface area contributed by atoms with Gasteiger partial charge in [0, 0.05) is 3.57 Å². The van der Waals surface area contributed by atoms with Gasteiger partial charge < -0.3 is 4.74 Å². The van der Waals surface area contributed by atoms with Crippen LogP contribution in [0.15, 0.2) is 22.7 Å². The lowest BCUT2D eigenvalue weighted by Gasteiger charge is -2.04. The number of hydrogen-bond acceptors (Lipinski definition) is 1. The molecule has 1 aromatic carbocycles. The molecule has 1 rings (SSSR count). The first-order valence-corrected chi connectivity index (χ1v) is 5.12. The van der Waals surface area contributed by atoms with Crippen LogP contribution in [0.1, 0.15) is 0 Å². The minimum atomic E-state index is 0.304. The van der Waals surface area contributed by atoms with E-state index in [9.17, 15) is 0 Å². The van der Waals surface area contributed by atoms with Crippen LogP contribution in [0.25, 0.3) is 0 Å². The van der Waals surface area contributed by atoms with Crippen LogP contribution >= 0.6 is 38.5 Å². The van der Waals surface area contributed by atoms with Gasteiger partial charge in [-0.15, -0.1) is 6.42 Å². The van der Waals surface area contributed by atoms with Gasteiger partial charge in [-0.25, -0.2) is 0 Å². The molecule has 0 aliphatic rings. The van der Waals surface area contributed by atoms with Crippen molar-refractivity contribution < 1.29 is 4.74 Å². The second kappa shape index (κ2) is 4.73. The van der Waals surface area contributed by atoms with Crippen molar-refractivity contribution in [1.82, 2.24) is 0 Å². The molecule has 0 radical (unpaired) electrons. The third kappa shape index (κ3) is 2.68. The Morgan fingerprint density at radius 2 is 2.33 bits per heavy atom. The molecule has 0 aliphatic heterocycles. The maximum absolute atomic E-state index is 5.28. The Morgan fingerprint density at radius 1 is 1.58 bits per heavy atom. The average molecular weight is 337 g/mol. The van der Waals surface area contributed by atoms with Crippen LogP contribution in [0.5, 0.6) is 5.75 Å². The lowest BCUT2D eigenvalue weighted by Crippen LogP contribution is -1.94. The van der Waals surface area contributed by atoms with Crippen molar-refractivity contribution in [2.24, 2.45) is 0 Å². The molecule has 0 heterocycles. The van der Waals surface area contributed by atoms with Gasteiger partial charge in [0.25, 0.3) is 0 Å². The first-order valence-electron chi connectivity index (χ1n) is 3.25. The molecule has 0 saturated carbocycles. The first kappa shape index (κ1) is 9.87. The van der Waals surface area contributed by atoms with E-state index in [0.717, 1.165) is 13.8 Å². The van der Waals surface area contributed by atoms with Crippen LogP contribution < -0.4 is 4.74 Å². The number of hydrogen-bond donors (Lipinski definition) is 0. The topological polar surface area (TPSA) is 9.23 Å². The van der Waals surface area contributed by atoms with Crippen LogP contribution in [0.2, 0.25) is 0 Å². The van der Waals surface area contributed by atoms with Crippen molar-refractivity contribution in [2.45, 2.75) is 0 Å². The van der Waals surface area contributed by atoms with Crippen molar-refractivity contribution in [3.05, 3.63) is 26.2 Å². The normalized spacial score (nSPS) is 9.08. The summed E-state index contributed by atoms with van der Waals surface area (Å²) in [7, 11) is 0. The van der Waals surface area contributed by atoms with Crippen LogP contribution in [0.3, 0.4) is 0 Å². The Bertz CT molecular complexity index is 317. The summed E-state index contributed by atoms with van der Waals surface area (Å²) in [5.74, 6) is 3.21. The van der Waals surface area contributed by atoms with Crippen molar-refractivity contribution in [1.29, 1.82) is 0 Å². The summed E-state index contributed by atoms with van der Waals surface area (Å²) < 4.78 is 7.34. The monoisotopic (exact) mass is 336 g/mol. The molecule has 0 spiro atoms. The van der Waals surface area contributed by atoms with Gasteiger partial charge >= 0.3 is 0 Å².